The Morgan fingerprint density at radius 2 is 1.86 bits per heavy atom. The number of carbonyl (C=O) groups is 4. The number of hydrogen-bond acceptors (Lipinski definition) is 7. The van der Waals surface area contributed by atoms with E-state index in [1.165, 1.54) is 12.1 Å². The Balaban J connectivity index is 1.74. The molecule has 0 bridgehead atoms. The minimum Gasteiger partial charge on any atom is -0.484 e. The van der Waals surface area contributed by atoms with Gasteiger partial charge in [0.2, 0.25) is 0 Å². The Kier molecular flexibility index (Phi) is 8.26. The Labute approximate surface area is 168 Å². The second kappa shape index (κ2) is 10.9. The lowest BCUT2D eigenvalue weighted by atomic mass is 10.1. The van der Waals surface area contributed by atoms with Crippen LogP contribution in [0.15, 0.2) is 24.3 Å². The summed E-state index contributed by atoms with van der Waals surface area (Å²) in [6.45, 7) is 2.31. The molecule has 0 saturated carbocycles. The van der Waals surface area contributed by atoms with Crippen molar-refractivity contribution in [1.82, 2.24) is 10.2 Å². The van der Waals surface area contributed by atoms with Crippen LogP contribution in [0.4, 0.5) is 4.79 Å². The molecule has 1 aromatic rings. The van der Waals surface area contributed by atoms with Gasteiger partial charge in [-0.3, -0.25) is 9.59 Å². The highest BCUT2D eigenvalue weighted by atomic mass is 16.6. The third-order valence-corrected chi connectivity index (χ3v) is 4.17. The number of piperidine rings is 1. The fraction of sp³-hybridized carbons (Fsp3) is 0.474. The maximum Gasteiger partial charge on any atom is 0.409 e. The molecule has 1 aromatic carbocycles. The number of esters is 1. The molecule has 29 heavy (non-hydrogen) atoms. The highest BCUT2D eigenvalue weighted by Gasteiger charge is 2.24. The van der Waals surface area contributed by atoms with Gasteiger partial charge >= 0.3 is 12.1 Å². The van der Waals surface area contributed by atoms with Crippen LogP contribution in [0.1, 0.15) is 30.1 Å². The molecule has 1 heterocycles. The first-order chi connectivity index (χ1) is 13.9. The van der Waals surface area contributed by atoms with E-state index in [4.69, 9.17) is 19.9 Å². The van der Waals surface area contributed by atoms with Gasteiger partial charge in [-0.1, -0.05) is 6.07 Å². The number of amides is 3. The number of hydrogen-bond donors (Lipinski definition) is 2. The van der Waals surface area contributed by atoms with Gasteiger partial charge in [-0.05, 0) is 38.0 Å². The molecular weight excluding hydrogens is 382 g/mol. The van der Waals surface area contributed by atoms with Crippen molar-refractivity contribution in [1.29, 1.82) is 0 Å². The van der Waals surface area contributed by atoms with Crippen LogP contribution in [0.25, 0.3) is 0 Å². The first-order valence-electron chi connectivity index (χ1n) is 9.28. The Morgan fingerprint density at radius 3 is 2.52 bits per heavy atom. The number of nitrogens with one attached hydrogen (secondary N) is 1. The average Bonchev–Trinajstić information content (AvgIpc) is 2.71. The van der Waals surface area contributed by atoms with E-state index < -0.39 is 24.4 Å². The highest BCUT2D eigenvalue weighted by molar-refractivity contribution is 5.91. The van der Waals surface area contributed by atoms with E-state index in [1.54, 1.807) is 24.0 Å². The van der Waals surface area contributed by atoms with Crippen molar-refractivity contribution in [2.24, 2.45) is 5.73 Å². The van der Waals surface area contributed by atoms with E-state index >= 15 is 0 Å². The Hall–Kier alpha value is -3.30. The molecule has 1 aliphatic heterocycles. The smallest absolute Gasteiger partial charge is 0.409 e. The summed E-state index contributed by atoms with van der Waals surface area (Å²) in [6, 6.07) is 5.92. The van der Waals surface area contributed by atoms with Crippen LogP contribution < -0.4 is 15.8 Å². The number of likely N-dealkylation sites (tertiary alicyclic amines) is 1. The number of ether oxygens (including phenoxy) is 3. The second-order valence-corrected chi connectivity index (χ2v) is 6.39. The SMILES string of the molecule is CCOC(=O)N1CCC(NC(=O)COC(=O)c2cccc(OCC(N)=O)c2)CC1. The van der Waals surface area contributed by atoms with Crippen LogP contribution in [0.3, 0.4) is 0 Å². The summed E-state index contributed by atoms with van der Waals surface area (Å²) < 4.78 is 15.1. The largest absolute Gasteiger partial charge is 0.484 e. The van der Waals surface area contributed by atoms with Gasteiger partial charge in [-0.2, -0.15) is 0 Å². The van der Waals surface area contributed by atoms with Crippen molar-refractivity contribution in [3.05, 3.63) is 29.8 Å². The molecule has 0 spiro atoms. The van der Waals surface area contributed by atoms with Crippen LogP contribution in [0, 0.1) is 0 Å². The van der Waals surface area contributed by atoms with Crippen molar-refractivity contribution in [2.75, 3.05) is 32.9 Å². The summed E-state index contributed by atoms with van der Waals surface area (Å²) in [6.07, 6.45) is 0.836. The molecule has 10 nitrogen and oxygen atoms in total. The summed E-state index contributed by atoms with van der Waals surface area (Å²) in [7, 11) is 0. The number of carbonyl (C=O) groups excluding carboxylic acids is 4. The minimum absolute atomic E-state index is 0.0996. The van der Waals surface area contributed by atoms with E-state index in [1.807, 2.05) is 0 Å². The van der Waals surface area contributed by atoms with Crippen molar-refractivity contribution >= 4 is 23.9 Å². The van der Waals surface area contributed by atoms with Crippen molar-refractivity contribution in [2.45, 2.75) is 25.8 Å². The molecule has 2 rings (SSSR count). The number of rotatable bonds is 8. The maximum absolute atomic E-state index is 12.1. The molecule has 1 fully saturated rings. The predicted molar refractivity (Wildman–Crippen MR) is 101 cm³/mol. The molecule has 1 aliphatic rings. The van der Waals surface area contributed by atoms with Crippen LogP contribution in [-0.2, 0) is 19.1 Å². The molecular formula is C19H25N3O7. The summed E-state index contributed by atoms with van der Waals surface area (Å²) >= 11 is 0. The lowest BCUT2D eigenvalue weighted by Crippen LogP contribution is -2.47. The van der Waals surface area contributed by atoms with E-state index in [0.29, 0.717) is 32.5 Å². The van der Waals surface area contributed by atoms with Gasteiger partial charge < -0.3 is 30.2 Å². The number of nitrogens with zero attached hydrogens (tertiary/aromatic N) is 1. The molecule has 0 atom stereocenters. The molecule has 0 aliphatic carbocycles. The Morgan fingerprint density at radius 1 is 1.14 bits per heavy atom. The first kappa shape index (κ1) is 22.0. The third kappa shape index (κ3) is 7.32. The van der Waals surface area contributed by atoms with Crippen LogP contribution in [0.5, 0.6) is 5.75 Å². The summed E-state index contributed by atoms with van der Waals surface area (Å²) in [4.78, 5) is 48.2. The number of nitrogens with two attached hydrogens (primary N) is 1. The third-order valence-electron chi connectivity index (χ3n) is 4.17. The van der Waals surface area contributed by atoms with Gasteiger partial charge in [-0.25, -0.2) is 9.59 Å². The molecule has 0 unspecified atom stereocenters. The maximum atomic E-state index is 12.1. The average molecular weight is 407 g/mol. The van der Waals surface area contributed by atoms with Crippen LogP contribution in [0.2, 0.25) is 0 Å². The quantitative estimate of drug-likeness (QED) is 0.597. The zero-order chi connectivity index (χ0) is 21.2. The van der Waals surface area contributed by atoms with Gasteiger partial charge in [0.05, 0.1) is 12.2 Å². The van der Waals surface area contributed by atoms with Crippen molar-refractivity contribution in [3.63, 3.8) is 0 Å². The normalized spacial score (nSPS) is 14.0. The Bertz CT molecular complexity index is 745. The molecule has 3 N–H and O–H groups in total. The van der Waals surface area contributed by atoms with E-state index in [2.05, 4.69) is 5.32 Å². The van der Waals surface area contributed by atoms with Gasteiger partial charge in [0.15, 0.2) is 13.2 Å². The summed E-state index contributed by atoms with van der Waals surface area (Å²) in [5.41, 5.74) is 5.19. The van der Waals surface area contributed by atoms with Gasteiger partial charge in [0, 0.05) is 19.1 Å². The van der Waals surface area contributed by atoms with Gasteiger partial charge in [0.25, 0.3) is 11.8 Å². The van der Waals surface area contributed by atoms with E-state index in [0.717, 1.165) is 0 Å². The fourth-order valence-electron chi connectivity index (χ4n) is 2.77. The number of primary amides is 1. The fourth-order valence-corrected chi connectivity index (χ4v) is 2.77. The molecule has 3 amide bonds. The van der Waals surface area contributed by atoms with Crippen LogP contribution >= 0.6 is 0 Å². The van der Waals surface area contributed by atoms with Gasteiger partial charge in [0.1, 0.15) is 5.75 Å². The van der Waals surface area contributed by atoms with Crippen molar-refractivity contribution < 1.29 is 33.4 Å². The van der Waals surface area contributed by atoms with E-state index in [-0.39, 0.29) is 30.1 Å². The van der Waals surface area contributed by atoms with Gasteiger partial charge in [-0.15, -0.1) is 0 Å². The standard InChI is InChI=1S/C19H25N3O7/c1-2-27-19(26)22-8-6-14(7-9-22)21-17(24)12-29-18(25)13-4-3-5-15(10-13)28-11-16(20)23/h3-5,10,14H,2,6-9,11-12H2,1H3,(H2,20,23)(H,21,24). The van der Waals surface area contributed by atoms with Crippen molar-refractivity contribution in [3.8, 4) is 5.75 Å². The zero-order valence-electron chi connectivity index (χ0n) is 16.2. The zero-order valence-corrected chi connectivity index (χ0v) is 16.2. The lowest BCUT2D eigenvalue weighted by Gasteiger charge is -2.31. The molecule has 0 aromatic heterocycles. The molecule has 1 saturated heterocycles. The molecule has 158 valence electrons. The summed E-state index contributed by atoms with van der Waals surface area (Å²) in [5, 5.41) is 2.79. The van der Waals surface area contributed by atoms with Crippen LogP contribution in [-0.4, -0.2) is 67.7 Å². The summed E-state index contributed by atoms with van der Waals surface area (Å²) in [5.74, 6) is -1.46. The highest BCUT2D eigenvalue weighted by Crippen LogP contribution is 2.14. The topological polar surface area (TPSA) is 137 Å². The lowest BCUT2D eigenvalue weighted by molar-refractivity contribution is -0.125. The second-order valence-electron chi connectivity index (χ2n) is 6.39. The molecule has 0 radical (unpaired) electrons. The molecule has 10 heteroatoms. The minimum atomic E-state index is -0.693. The predicted octanol–water partition coefficient (Wildman–Crippen LogP) is 0.445. The first-order valence-corrected chi connectivity index (χ1v) is 9.28. The number of benzene rings is 1. The van der Waals surface area contributed by atoms with E-state index in [9.17, 15) is 19.2 Å². The monoisotopic (exact) mass is 407 g/mol.